The molecule has 3 aromatic rings. The maximum absolute atomic E-state index is 13.0. The Bertz CT molecular complexity index is 1090. The van der Waals surface area contributed by atoms with E-state index in [-0.39, 0.29) is 28.7 Å². The molecule has 1 aliphatic rings. The van der Waals surface area contributed by atoms with Gasteiger partial charge >= 0.3 is 0 Å². The van der Waals surface area contributed by atoms with Crippen LogP contribution >= 0.6 is 11.3 Å². The van der Waals surface area contributed by atoms with Crippen LogP contribution < -0.4 is 16.0 Å². The normalized spacial score (nSPS) is 18.0. The number of carbonyl (C=O) groups is 2. The fourth-order valence-electron chi connectivity index (χ4n) is 3.66. The number of nitrogens with two attached hydrogens (primary N) is 1. The second-order valence-electron chi connectivity index (χ2n) is 7.19. The molecule has 9 heteroatoms. The number of amides is 2. The maximum atomic E-state index is 13.0. The molecule has 3 N–H and O–H groups in total. The van der Waals surface area contributed by atoms with E-state index in [4.69, 9.17) is 5.73 Å². The molecule has 0 spiro atoms. The lowest BCUT2D eigenvalue weighted by Gasteiger charge is -2.39. The van der Waals surface area contributed by atoms with E-state index >= 15 is 0 Å². The number of nitrogens with one attached hydrogen (secondary N) is 1. The van der Waals surface area contributed by atoms with Crippen molar-refractivity contribution < 1.29 is 14.0 Å². The van der Waals surface area contributed by atoms with E-state index in [0.29, 0.717) is 23.7 Å². The van der Waals surface area contributed by atoms with E-state index in [9.17, 15) is 14.0 Å². The van der Waals surface area contributed by atoms with Crippen LogP contribution in [-0.4, -0.2) is 28.1 Å². The summed E-state index contributed by atoms with van der Waals surface area (Å²) in [6, 6.07) is 13.3. The minimum atomic E-state index is -0.397. The highest BCUT2D eigenvalue weighted by Gasteiger charge is 2.33. The fourth-order valence-corrected chi connectivity index (χ4v) is 4.39. The van der Waals surface area contributed by atoms with Gasteiger partial charge in [-0.05, 0) is 49.2 Å². The monoisotopic (exact) mass is 425 g/mol. The lowest BCUT2D eigenvalue weighted by atomic mass is 9.85. The summed E-state index contributed by atoms with van der Waals surface area (Å²) < 4.78 is 13.0. The molecule has 0 saturated carbocycles. The van der Waals surface area contributed by atoms with Crippen molar-refractivity contribution in [3.8, 4) is 0 Å². The smallest absolute Gasteiger partial charge is 0.286 e. The van der Waals surface area contributed by atoms with E-state index in [2.05, 4.69) is 20.4 Å². The molecule has 0 radical (unpaired) electrons. The van der Waals surface area contributed by atoms with Crippen LogP contribution in [-0.2, 0) is 11.3 Å². The Morgan fingerprint density at radius 2 is 1.93 bits per heavy atom. The SMILES string of the molecule is C[C@@H]1C[C@H](C(N)=O)c2ccccc2N1Cc1nnc(C(=O)Nc2ccc(F)cc2)s1. The van der Waals surface area contributed by atoms with Crippen LogP contribution in [0.1, 0.15) is 39.6 Å². The van der Waals surface area contributed by atoms with E-state index in [1.165, 1.54) is 35.6 Å². The topological polar surface area (TPSA) is 101 Å². The quantitative estimate of drug-likeness (QED) is 0.653. The van der Waals surface area contributed by atoms with Crippen molar-refractivity contribution in [2.45, 2.75) is 31.8 Å². The molecule has 154 valence electrons. The Balaban J connectivity index is 1.51. The van der Waals surface area contributed by atoms with Crippen LogP contribution in [0.4, 0.5) is 15.8 Å². The summed E-state index contributed by atoms with van der Waals surface area (Å²) in [7, 11) is 0. The van der Waals surface area contributed by atoms with Crippen molar-refractivity contribution in [3.63, 3.8) is 0 Å². The van der Waals surface area contributed by atoms with Crippen molar-refractivity contribution in [2.24, 2.45) is 5.73 Å². The summed E-state index contributed by atoms with van der Waals surface area (Å²) in [6.45, 7) is 2.50. The fraction of sp³-hybridized carbons (Fsp3) is 0.238. The van der Waals surface area contributed by atoms with Gasteiger partial charge in [0.25, 0.3) is 5.91 Å². The van der Waals surface area contributed by atoms with Crippen LogP contribution in [0.25, 0.3) is 0 Å². The van der Waals surface area contributed by atoms with Crippen molar-refractivity contribution in [2.75, 3.05) is 10.2 Å². The molecule has 1 aliphatic heterocycles. The van der Waals surface area contributed by atoms with E-state index < -0.39 is 5.91 Å². The van der Waals surface area contributed by atoms with Gasteiger partial charge in [0, 0.05) is 17.4 Å². The molecule has 0 unspecified atom stereocenters. The van der Waals surface area contributed by atoms with Gasteiger partial charge in [-0.2, -0.15) is 0 Å². The second kappa shape index (κ2) is 8.19. The van der Waals surface area contributed by atoms with Crippen molar-refractivity contribution in [1.29, 1.82) is 0 Å². The van der Waals surface area contributed by atoms with Crippen molar-refractivity contribution >= 4 is 34.5 Å². The zero-order valence-electron chi connectivity index (χ0n) is 16.2. The van der Waals surface area contributed by atoms with E-state index in [1.807, 2.05) is 31.2 Å². The van der Waals surface area contributed by atoms with Gasteiger partial charge in [0.2, 0.25) is 10.9 Å². The predicted molar refractivity (Wildman–Crippen MR) is 113 cm³/mol. The largest absolute Gasteiger partial charge is 0.369 e. The number of aromatic nitrogens is 2. The summed E-state index contributed by atoms with van der Waals surface area (Å²) in [5, 5.41) is 11.7. The molecular weight excluding hydrogens is 405 g/mol. The first-order valence-electron chi connectivity index (χ1n) is 9.46. The first kappa shape index (κ1) is 20.0. The number of fused-ring (bicyclic) bond motifs is 1. The number of anilines is 2. The molecule has 1 aromatic heterocycles. The zero-order valence-corrected chi connectivity index (χ0v) is 17.0. The van der Waals surface area contributed by atoms with Gasteiger partial charge in [0.15, 0.2) is 0 Å². The third-order valence-electron chi connectivity index (χ3n) is 5.14. The predicted octanol–water partition coefficient (Wildman–Crippen LogP) is 3.30. The number of benzene rings is 2. The summed E-state index contributed by atoms with van der Waals surface area (Å²) in [5.74, 6) is -1.42. The lowest BCUT2D eigenvalue weighted by Crippen LogP contribution is -2.41. The third kappa shape index (κ3) is 4.02. The summed E-state index contributed by atoms with van der Waals surface area (Å²) in [5.41, 5.74) is 7.93. The number of nitrogens with zero attached hydrogens (tertiary/aromatic N) is 3. The summed E-state index contributed by atoms with van der Waals surface area (Å²) >= 11 is 1.20. The van der Waals surface area contributed by atoms with E-state index in [0.717, 1.165) is 11.3 Å². The Hall–Kier alpha value is -3.33. The summed E-state index contributed by atoms with van der Waals surface area (Å²) in [4.78, 5) is 26.5. The van der Waals surface area contributed by atoms with Gasteiger partial charge in [-0.1, -0.05) is 29.5 Å². The standard InChI is InChI=1S/C21H20FN5O2S/c1-12-10-16(19(23)28)15-4-2-3-5-17(15)27(12)11-18-25-26-21(30-18)20(29)24-14-8-6-13(22)7-9-14/h2-9,12,16H,10-11H2,1H3,(H2,23,28)(H,24,29)/t12-,16+/m1/s1. The second-order valence-corrected chi connectivity index (χ2v) is 8.25. The van der Waals surface area contributed by atoms with Gasteiger partial charge in [-0.3, -0.25) is 9.59 Å². The minimum Gasteiger partial charge on any atom is -0.369 e. The highest BCUT2D eigenvalue weighted by Crippen LogP contribution is 2.39. The molecule has 0 saturated heterocycles. The Morgan fingerprint density at radius 3 is 2.67 bits per heavy atom. The Kier molecular flexibility index (Phi) is 5.45. The van der Waals surface area contributed by atoms with Gasteiger partial charge in [-0.15, -0.1) is 10.2 Å². The Labute approximate surface area is 176 Å². The van der Waals surface area contributed by atoms with Crippen LogP contribution in [0.15, 0.2) is 48.5 Å². The number of halogens is 1. The number of carbonyl (C=O) groups excluding carboxylic acids is 2. The van der Waals surface area contributed by atoms with E-state index in [1.54, 1.807) is 0 Å². The molecule has 0 fully saturated rings. The maximum Gasteiger partial charge on any atom is 0.286 e. The van der Waals surface area contributed by atoms with Gasteiger partial charge in [0.05, 0.1) is 12.5 Å². The van der Waals surface area contributed by atoms with Crippen LogP contribution in [0, 0.1) is 5.82 Å². The molecule has 4 rings (SSSR count). The summed E-state index contributed by atoms with van der Waals surface area (Å²) in [6.07, 6.45) is 0.614. The van der Waals surface area contributed by atoms with Crippen LogP contribution in [0.2, 0.25) is 0 Å². The molecular formula is C21H20FN5O2S. The molecule has 0 bridgehead atoms. The van der Waals surface area contributed by atoms with Crippen molar-refractivity contribution in [1.82, 2.24) is 10.2 Å². The highest BCUT2D eigenvalue weighted by atomic mass is 32.1. The molecule has 2 amide bonds. The highest BCUT2D eigenvalue weighted by molar-refractivity contribution is 7.13. The van der Waals surface area contributed by atoms with Gasteiger partial charge < -0.3 is 16.0 Å². The van der Waals surface area contributed by atoms with Gasteiger partial charge in [-0.25, -0.2) is 4.39 Å². The number of primary amides is 1. The van der Waals surface area contributed by atoms with Crippen LogP contribution in [0.3, 0.4) is 0 Å². The molecule has 2 atom stereocenters. The van der Waals surface area contributed by atoms with Crippen molar-refractivity contribution in [3.05, 3.63) is 69.9 Å². The molecule has 30 heavy (non-hydrogen) atoms. The zero-order chi connectivity index (χ0) is 21.3. The molecule has 2 aromatic carbocycles. The molecule has 0 aliphatic carbocycles. The number of hydrogen-bond acceptors (Lipinski definition) is 6. The average Bonchev–Trinajstić information content (AvgIpc) is 3.20. The lowest BCUT2D eigenvalue weighted by molar-refractivity contribution is -0.119. The molecule has 7 nitrogen and oxygen atoms in total. The average molecular weight is 425 g/mol. The third-order valence-corrected chi connectivity index (χ3v) is 6.05. The first-order valence-corrected chi connectivity index (χ1v) is 10.3. The van der Waals surface area contributed by atoms with Gasteiger partial charge in [0.1, 0.15) is 10.8 Å². The number of hydrogen-bond donors (Lipinski definition) is 2. The van der Waals surface area contributed by atoms with Crippen LogP contribution in [0.5, 0.6) is 0 Å². The number of para-hydroxylation sites is 1. The minimum absolute atomic E-state index is 0.0674. The number of rotatable bonds is 5. The first-order chi connectivity index (χ1) is 14.4. The Morgan fingerprint density at radius 1 is 1.20 bits per heavy atom. The molecule has 2 heterocycles.